The van der Waals surface area contributed by atoms with Crippen molar-refractivity contribution in [3.8, 4) is 15.8 Å². The van der Waals surface area contributed by atoms with Crippen molar-refractivity contribution >= 4 is 33.6 Å². The Morgan fingerprint density at radius 1 is 1.24 bits per heavy atom. The van der Waals surface area contributed by atoms with Crippen molar-refractivity contribution in [1.29, 1.82) is 0 Å². The van der Waals surface area contributed by atoms with Gasteiger partial charge in [0.2, 0.25) is 11.0 Å². The zero-order chi connectivity index (χ0) is 15.0. The van der Waals surface area contributed by atoms with E-state index in [1.807, 2.05) is 30.5 Å². The van der Waals surface area contributed by atoms with Crippen LogP contribution in [-0.2, 0) is 4.79 Å². The number of rotatable bonds is 3. The van der Waals surface area contributed by atoms with Crippen molar-refractivity contribution in [1.82, 2.24) is 19.7 Å². The number of carbonyl (C=O) groups excluding carboxylic acids is 1. The van der Waals surface area contributed by atoms with E-state index in [1.165, 1.54) is 29.6 Å². The number of amides is 1. The number of nitrogens with zero attached hydrogens (tertiary/aromatic N) is 4. The van der Waals surface area contributed by atoms with Crippen molar-refractivity contribution in [3.05, 3.63) is 29.0 Å². The summed E-state index contributed by atoms with van der Waals surface area (Å²) in [4.78, 5) is 15.5. The highest BCUT2D eigenvalue weighted by Gasteiger charge is 2.17. The van der Waals surface area contributed by atoms with Crippen LogP contribution in [0.25, 0.3) is 15.8 Å². The van der Waals surface area contributed by atoms with E-state index in [0.717, 1.165) is 16.5 Å². The third-order valence-electron chi connectivity index (χ3n) is 2.94. The molecule has 3 rings (SSSR count). The summed E-state index contributed by atoms with van der Waals surface area (Å²) in [5, 5.41) is 13.4. The maximum atomic E-state index is 11.2. The molecule has 1 amide bonds. The van der Waals surface area contributed by atoms with Crippen LogP contribution >= 0.6 is 22.7 Å². The number of nitrogens with one attached hydrogen (secondary N) is 1. The fourth-order valence-corrected chi connectivity index (χ4v) is 3.78. The molecule has 0 saturated carbocycles. The molecule has 0 aliphatic rings. The Bertz CT molecular complexity index is 782. The average molecular weight is 319 g/mol. The van der Waals surface area contributed by atoms with E-state index < -0.39 is 0 Å². The highest BCUT2D eigenvalue weighted by atomic mass is 32.1. The minimum Gasteiger partial charge on any atom is -0.316 e. The summed E-state index contributed by atoms with van der Waals surface area (Å²) in [5.74, 6) is -0.123. The lowest BCUT2D eigenvalue weighted by Gasteiger charge is -2.02. The van der Waals surface area contributed by atoms with Gasteiger partial charge in [-0.3, -0.25) is 9.36 Å². The normalized spacial score (nSPS) is 10.8. The molecule has 0 fully saturated rings. The smallest absolute Gasteiger partial charge is 0.221 e. The van der Waals surface area contributed by atoms with Crippen molar-refractivity contribution in [2.75, 3.05) is 5.32 Å². The average Bonchev–Trinajstić information content (AvgIpc) is 3.10. The van der Waals surface area contributed by atoms with Crippen LogP contribution in [0.2, 0.25) is 0 Å². The first-order valence-electron chi connectivity index (χ1n) is 6.26. The highest BCUT2D eigenvalue weighted by molar-refractivity contribution is 7.18. The second-order valence-electron chi connectivity index (χ2n) is 4.55. The number of anilines is 1. The van der Waals surface area contributed by atoms with Crippen molar-refractivity contribution < 1.29 is 4.79 Å². The SMILES string of the molecule is CC(=O)Nc1scnc1-c1nnc(-n2c(C)ccc2C)s1. The molecule has 0 atom stereocenters. The first kappa shape index (κ1) is 13.9. The molecular formula is C13H13N5OS2. The van der Waals surface area contributed by atoms with Gasteiger partial charge in [-0.1, -0.05) is 11.3 Å². The molecule has 0 aliphatic heterocycles. The molecule has 3 aromatic rings. The highest BCUT2D eigenvalue weighted by Crippen LogP contribution is 2.33. The minimum atomic E-state index is -0.123. The zero-order valence-corrected chi connectivity index (χ0v) is 13.4. The number of hydrogen-bond donors (Lipinski definition) is 1. The summed E-state index contributed by atoms with van der Waals surface area (Å²) in [6, 6.07) is 4.09. The van der Waals surface area contributed by atoms with Gasteiger partial charge < -0.3 is 5.32 Å². The summed E-state index contributed by atoms with van der Waals surface area (Å²) in [7, 11) is 0. The Labute approximate surface area is 129 Å². The lowest BCUT2D eigenvalue weighted by atomic mass is 10.5. The molecule has 6 nitrogen and oxygen atoms in total. The molecule has 0 bridgehead atoms. The maximum absolute atomic E-state index is 11.2. The van der Waals surface area contributed by atoms with Gasteiger partial charge in [-0.15, -0.1) is 21.5 Å². The van der Waals surface area contributed by atoms with E-state index in [0.29, 0.717) is 15.7 Å². The summed E-state index contributed by atoms with van der Waals surface area (Å²) >= 11 is 2.83. The number of hydrogen-bond acceptors (Lipinski definition) is 6. The Balaban J connectivity index is 2.00. The van der Waals surface area contributed by atoms with Gasteiger partial charge in [-0.25, -0.2) is 4.98 Å². The van der Waals surface area contributed by atoms with Gasteiger partial charge in [0.05, 0.1) is 5.51 Å². The topological polar surface area (TPSA) is 72.7 Å². The van der Waals surface area contributed by atoms with Gasteiger partial charge in [-0.2, -0.15) is 0 Å². The predicted molar refractivity (Wildman–Crippen MR) is 84.1 cm³/mol. The van der Waals surface area contributed by atoms with Crippen molar-refractivity contribution in [2.24, 2.45) is 0 Å². The van der Waals surface area contributed by atoms with Crippen LogP contribution in [0.5, 0.6) is 0 Å². The van der Waals surface area contributed by atoms with Crippen LogP contribution in [0.1, 0.15) is 18.3 Å². The van der Waals surface area contributed by atoms with Gasteiger partial charge in [-0.05, 0) is 26.0 Å². The van der Waals surface area contributed by atoms with Gasteiger partial charge in [0.1, 0.15) is 10.7 Å². The first-order chi connectivity index (χ1) is 10.1. The summed E-state index contributed by atoms with van der Waals surface area (Å²) < 4.78 is 2.05. The Hall–Kier alpha value is -2.06. The van der Waals surface area contributed by atoms with Crippen molar-refractivity contribution in [3.63, 3.8) is 0 Å². The van der Waals surface area contributed by atoms with Crippen LogP contribution < -0.4 is 5.32 Å². The van der Waals surface area contributed by atoms with Crippen LogP contribution in [0.4, 0.5) is 5.00 Å². The molecule has 0 aliphatic carbocycles. The fourth-order valence-electron chi connectivity index (χ4n) is 2.02. The fraction of sp³-hybridized carbons (Fsp3) is 0.231. The molecule has 0 radical (unpaired) electrons. The zero-order valence-electron chi connectivity index (χ0n) is 11.7. The van der Waals surface area contributed by atoms with Crippen LogP contribution in [0.15, 0.2) is 17.6 Å². The largest absolute Gasteiger partial charge is 0.316 e. The quantitative estimate of drug-likeness (QED) is 0.805. The summed E-state index contributed by atoms with van der Waals surface area (Å²) in [6.07, 6.45) is 0. The molecule has 8 heteroatoms. The van der Waals surface area contributed by atoms with Gasteiger partial charge in [0, 0.05) is 18.3 Å². The molecule has 3 heterocycles. The van der Waals surface area contributed by atoms with E-state index in [9.17, 15) is 4.79 Å². The molecule has 21 heavy (non-hydrogen) atoms. The standard InChI is InChI=1S/C13H13N5OS2/c1-7-4-5-8(2)18(7)13-17-16-12(21-13)10-11(15-9(3)19)20-6-14-10/h4-6H,1-3H3,(H,15,19). The van der Waals surface area contributed by atoms with Gasteiger partial charge in [0.25, 0.3) is 0 Å². The molecule has 1 N–H and O–H groups in total. The molecule has 3 aromatic heterocycles. The van der Waals surface area contributed by atoms with Gasteiger partial charge in [0.15, 0.2) is 5.01 Å². The van der Waals surface area contributed by atoms with Crippen LogP contribution in [0, 0.1) is 13.8 Å². The molecular weight excluding hydrogens is 306 g/mol. The van der Waals surface area contributed by atoms with Crippen LogP contribution in [-0.4, -0.2) is 25.7 Å². The molecule has 0 saturated heterocycles. The van der Waals surface area contributed by atoms with Gasteiger partial charge >= 0.3 is 0 Å². The summed E-state index contributed by atoms with van der Waals surface area (Å²) in [6.45, 7) is 5.53. The molecule has 108 valence electrons. The Morgan fingerprint density at radius 3 is 2.62 bits per heavy atom. The number of aromatic nitrogens is 4. The number of aryl methyl sites for hydroxylation is 2. The predicted octanol–water partition coefficient (Wildman–Crippen LogP) is 3.03. The van der Waals surface area contributed by atoms with E-state index in [4.69, 9.17) is 0 Å². The lowest BCUT2D eigenvalue weighted by Crippen LogP contribution is -2.05. The molecule has 0 unspecified atom stereocenters. The first-order valence-corrected chi connectivity index (χ1v) is 7.96. The van der Waals surface area contributed by atoms with E-state index >= 15 is 0 Å². The second-order valence-corrected chi connectivity index (χ2v) is 6.36. The van der Waals surface area contributed by atoms with E-state index in [1.54, 1.807) is 5.51 Å². The third-order valence-corrected chi connectivity index (χ3v) is 4.59. The van der Waals surface area contributed by atoms with Crippen LogP contribution in [0.3, 0.4) is 0 Å². The monoisotopic (exact) mass is 319 g/mol. The molecule has 0 aromatic carbocycles. The van der Waals surface area contributed by atoms with Crippen molar-refractivity contribution in [2.45, 2.75) is 20.8 Å². The summed E-state index contributed by atoms with van der Waals surface area (Å²) in [5.41, 5.74) is 4.57. The number of carbonyl (C=O) groups is 1. The molecule has 0 spiro atoms. The minimum absolute atomic E-state index is 0.123. The van der Waals surface area contributed by atoms with E-state index in [2.05, 4.69) is 20.5 Å². The number of thiazole rings is 1. The third kappa shape index (κ3) is 2.59. The Morgan fingerprint density at radius 2 is 1.95 bits per heavy atom. The Kier molecular flexibility index (Phi) is 3.56. The second kappa shape index (κ2) is 5.38. The maximum Gasteiger partial charge on any atom is 0.221 e. The van der Waals surface area contributed by atoms with E-state index in [-0.39, 0.29) is 5.91 Å². The lowest BCUT2D eigenvalue weighted by molar-refractivity contribution is -0.114.